The SMILES string of the molecule is CCCCCCCCCCCOC(=O)CCN(CCCN(CCN(CCCN(CCC(=O)OCCCCCCCCCCC)CCC(=O)OCCCCCCCCCCC)C(C)CC)C(C)C)CCC(=O)OCCCCCCCCCCC. The molecule has 0 saturated heterocycles. The van der Waals surface area contributed by atoms with Gasteiger partial charge in [0.05, 0.1) is 52.1 Å². The van der Waals surface area contributed by atoms with Crippen LogP contribution in [0.15, 0.2) is 0 Å². The van der Waals surface area contributed by atoms with Crippen molar-refractivity contribution in [2.24, 2.45) is 0 Å². The van der Waals surface area contributed by atoms with Crippen LogP contribution in [0, 0.1) is 0 Å². The number of rotatable bonds is 66. The van der Waals surface area contributed by atoms with E-state index in [1.807, 2.05) is 0 Å². The van der Waals surface area contributed by atoms with E-state index in [0.717, 1.165) is 110 Å². The van der Waals surface area contributed by atoms with Crippen LogP contribution in [-0.4, -0.2) is 147 Å². The van der Waals surface area contributed by atoms with Crippen molar-refractivity contribution >= 4 is 23.9 Å². The Morgan fingerprint density at radius 1 is 0.265 bits per heavy atom. The van der Waals surface area contributed by atoms with Crippen LogP contribution in [0.2, 0.25) is 0 Å². The van der Waals surface area contributed by atoms with Crippen LogP contribution in [0.25, 0.3) is 0 Å². The molecule has 0 saturated carbocycles. The highest BCUT2D eigenvalue weighted by molar-refractivity contribution is 5.71. The third-order valence-corrected chi connectivity index (χ3v) is 17.0. The summed E-state index contributed by atoms with van der Waals surface area (Å²) in [7, 11) is 0. The maximum Gasteiger partial charge on any atom is 0.307 e. The normalized spacial score (nSPS) is 12.2. The van der Waals surface area contributed by atoms with Crippen LogP contribution in [0.5, 0.6) is 0 Å². The van der Waals surface area contributed by atoms with Crippen molar-refractivity contribution in [3.63, 3.8) is 0 Å². The van der Waals surface area contributed by atoms with Gasteiger partial charge in [-0.25, -0.2) is 0 Å². The topological polar surface area (TPSA) is 118 Å². The summed E-state index contributed by atoms with van der Waals surface area (Å²) >= 11 is 0. The molecular weight excluding hydrogens is 1040 g/mol. The van der Waals surface area contributed by atoms with Gasteiger partial charge in [-0.2, -0.15) is 0 Å². The number of hydrogen-bond acceptors (Lipinski definition) is 12. The molecule has 0 aliphatic carbocycles. The number of nitrogens with zero attached hydrogens (tertiary/aromatic N) is 4. The Balaban J connectivity index is 5.44. The number of carbonyl (C=O) groups is 4. The number of esters is 4. The lowest BCUT2D eigenvalue weighted by Gasteiger charge is -2.34. The van der Waals surface area contributed by atoms with E-state index in [2.05, 4.69) is 75.0 Å². The van der Waals surface area contributed by atoms with Crippen molar-refractivity contribution in [3.8, 4) is 0 Å². The number of unbranched alkanes of at least 4 members (excludes halogenated alkanes) is 32. The Labute approximate surface area is 514 Å². The molecule has 1 unspecified atom stereocenters. The van der Waals surface area contributed by atoms with Gasteiger partial charge in [0.15, 0.2) is 0 Å². The first kappa shape index (κ1) is 80.7. The van der Waals surface area contributed by atoms with Crippen molar-refractivity contribution in [2.75, 3.05) is 91.9 Å². The maximum atomic E-state index is 13.0. The molecule has 0 radical (unpaired) electrons. The van der Waals surface area contributed by atoms with Crippen molar-refractivity contribution in [3.05, 3.63) is 0 Å². The predicted molar refractivity (Wildman–Crippen MR) is 351 cm³/mol. The van der Waals surface area contributed by atoms with Crippen molar-refractivity contribution in [1.82, 2.24) is 19.6 Å². The van der Waals surface area contributed by atoms with Gasteiger partial charge in [0.1, 0.15) is 0 Å². The van der Waals surface area contributed by atoms with Gasteiger partial charge in [-0.3, -0.25) is 29.0 Å². The minimum absolute atomic E-state index is 0.148. The zero-order chi connectivity index (χ0) is 60.9. The fourth-order valence-electron chi connectivity index (χ4n) is 11.0. The quantitative estimate of drug-likeness (QED) is 0.0328. The van der Waals surface area contributed by atoms with Crippen molar-refractivity contribution in [2.45, 2.75) is 344 Å². The second-order valence-corrected chi connectivity index (χ2v) is 25.0. The molecule has 0 fully saturated rings. The summed E-state index contributed by atoms with van der Waals surface area (Å²) in [5.41, 5.74) is 0. The average molecular weight is 1180 g/mol. The maximum absolute atomic E-state index is 13.0. The number of hydrogen-bond donors (Lipinski definition) is 0. The summed E-state index contributed by atoms with van der Waals surface area (Å²) in [6.45, 7) is 27.8. The van der Waals surface area contributed by atoms with Gasteiger partial charge in [0.2, 0.25) is 0 Å². The Morgan fingerprint density at radius 2 is 0.494 bits per heavy atom. The molecule has 0 aliphatic heterocycles. The molecule has 0 amide bonds. The van der Waals surface area contributed by atoms with Gasteiger partial charge >= 0.3 is 23.9 Å². The van der Waals surface area contributed by atoms with E-state index < -0.39 is 0 Å². The average Bonchev–Trinajstić information content (AvgIpc) is 3.49. The van der Waals surface area contributed by atoms with E-state index in [1.165, 1.54) is 180 Å². The van der Waals surface area contributed by atoms with Gasteiger partial charge in [-0.05, 0) is 91.9 Å². The first-order valence-corrected chi connectivity index (χ1v) is 36.1. The van der Waals surface area contributed by atoms with Gasteiger partial charge in [0, 0.05) is 51.4 Å². The Bertz CT molecular complexity index is 1340. The first-order valence-electron chi connectivity index (χ1n) is 36.1. The highest BCUT2D eigenvalue weighted by Crippen LogP contribution is 2.15. The zero-order valence-electron chi connectivity index (χ0n) is 56.5. The number of carbonyl (C=O) groups excluding carboxylic acids is 4. The van der Waals surface area contributed by atoms with E-state index in [0.29, 0.717) is 90.4 Å². The van der Waals surface area contributed by atoms with Gasteiger partial charge in [-0.15, -0.1) is 0 Å². The van der Waals surface area contributed by atoms with E-state index in [4.69, 9.17) is 18.9 Å². The third-order valence-electron chi connectivity index (χ3n) is 17.0. The van der Waals surface area contributed by atoms with Crippen LogP contribution >= 0.6 is 0 Å². The van der Waals surface area contributed by atoms with Crippen molar-refractivity contribution in [1.29, 1.82) is 0 Å². The van der Waals surface area contributed by atoms with E-state index in [1.54, 1.807) is 0 Å². The molecule has 0 spiro atoms. The Kier molecular flexibility index (Phi) is 61.0. The standard InChI is InChI=1S/C71H140N4O8/c1-9-14-18-22-26-30-34-38-42-62-80-68(76)48-56-72(57-49-69(77)81-63-43-39-35-31-27-23-19-15-10-2)52-46-54-74(66(6)7)60-61-75(67(8)13-5)55-47-53-73(58-50-70(78)82-64-44-40-36-32-28-24-20-16-11-3)59-51-71(79)83-65-45-41-37-33-29-25-21-17-12-4/h66-67H,9-65H2,1-8H3. The Morgan fingerprint density at radius 3 is 0.735 bits per heavy atom. The third kappa shape index (κ3) is 56.0. The molecule has 1 atom stereocenters. The molecule has 12 heteroatoms. The second kappa shape index (κ2) is 62.8. The molecule has 0 N–H and O–H groups in total. The second-order valence-electron chi connectivity index (χ2n) is 25.0. The van der Waals surface area contributed by atoms with E-state index in [9.17, 15) is 19.2 Å². The monoisotopic (exact) mass is 1180 g/mol. The number of ether oxygens (including phenoxy) is 4. The molecule has 0 aromatic carbocycles. The smallest absolute Gasteiger partial charge is 0.307 e. The summed E-state index contributed by atoms with van der Waals surface area (Å²) < 4.78 is 22.8. The highest BCUT2D eigenvalue weighted by atomic mass is 16.5. The molecule has 0 aliphatic rings. The van der Waals surface area contributed by atoms with Crippen LogP contribution in [0.4, 0.5) is 0 Å². The van der Waals surface area contributed by atoms with E-state index in [-0.39, 0.29) is 23.9 Å². The first-order chi connectivity index (χ1) is 40.5. The van der Waals surface area contributed by atoms with Gasteiger partial charge in [-0.1, -0.05) is 240 Å². The van der Waals surface area contributed by atoms with Gasteiger partial charge in [0.25, 0.3) is 0 Å². The molecule has 0 aromatic rings. The molecule has 492 valence electrons. The fraction of sp³-hybridized carbons (Fsp3) is 0.944. The fourth-order valence-corrected chi connectivity index (χ4v) is 11.0. The molecule has 12 nitrogen and oxygen atoms in total. The molecule has 0 aromatic heterocycles. The summed E-state index contributed by atoms with van der Waals surface area (Å²) in [4.78, 5) is 61.6. The van der Waals surface area contributed by atoms with Crippen LogP contribution < -0.4 is 0 Å². The summed E-state index contributed by atoms with van der Waals surface area (Å²) in [5.74, 6) is -0.595. The minimum Gasteiger partial charge on any atom is -0.466 e. The largest absolute Gasteiger partial charge is 0.466 e. The molecule has 0 rings (SSSR count). The molecular formula is C71H140N4O8. The summed E-state index contributed by atoms with van der Waals surface area (Å²) in [6, 6.07) is 0.783. The lowest BCUT2D eigenvalue weighted by molar-refractivity contribution is -0.146. The summed E-state index contributed by atoms with van der Waals surface area (Å²) in [6.07, 6.45) is 48.5. The summed E-state index contributed by atoms with van der Waals surface area (Å²) in [5, 5.41) is 0. The lowest BCUT2D eigenvalue weighted by atomic mass is 10.1. The molecule has 0 heterocycles. The Hall–Kier alpha value is -2.28. The molecule has 0 bridgehead atoms. The molecule has 83 heavy (non-hydrogen) atoms. The zero-order valence-corrected chi connectivity index (χ0v) is 56.5. The minimum atomic E-state index is -0.149. The van der Waals surface area contributed by atoms with Crippen LogP contribution in [0.1, 0.15) is 331 Å². The van der Waals surface area contributed by atoms with Crippen LogP contribution in [0.3, 0.4) is 0 Å². The van der Waals surface area contributed by atoms with Gasteiger partial charge < -0.3 is 28.7 Å². The lowest BCUT2D eigenvalue weighted by Crippen LogP contribution is -2.44. The predicted octanol–water partition coefficient (Wildman–Crippen LogP) is 18.0. The van der Waals surface area contributed by atoms with Crippen LogP contribution in [-0.2, 0) is 38.1 Å². The van der Waals surface area contributed by atoms with E-state index >= 15 is 0 Å². The van der Waals surface area contributed by atoms with Crippen molar-refractivity contribution < 1.29 is 38.1 Å². The highest BCUT2D eigenvalue weighted by Gasteiger charge is 2.19.